The zero-order valence-corrected chi connectivity index (χ0v) is 9.79. The van der Waals surface area contributed by atoms with Crippen LogP contribution in [0.1, 0.15) is 6.92 Å². The first-order valence-corrected chi connectivity index (χ1v) is 6.13. The lowest BCUT2D eigenvalue weighted by Crippen LogP contribution is -2.47. The topological polar surface area (TPSA) is 101 Å². The number of nitrogens with one attached hydrogen (secondary N) is 2. The van der Waals surface area contributed by atoms with Gasteiger partial charge in [-0.1, -0.05) is 0 Å². The third kappa shape index (κ3) is 3.48. The number of amides is 1. The van der Waals surface area contributed by atoms with E-state index >= 15 is 0 Å². The van der Waals surface area contributed by atoms with Crippen molar-refractivity contribution in [2.75, 3.05) is 0 Å². The highest BCUT2D eigenvalue weighted by molar-refractivity contribution is 7.89. The molecule has 0 aliphatic carbocycles. The summed E-state index contributed by atoms with van der Waals surface area (Å²) in [6, 6.07) is 3.22. The fourth-order valence-corrected chi connectivity index (χ4v) is 2.30. The minimum absolute atomic E-state index is 0.129. The van der Waals surface area contributed by atoms with Crippen molar-refractivity contribution in [1.82, 2.24) is 10.1 Å². The van der Waals surface area contributed by atoms with E-state index in [4.69, 9.17) is 5.84 Å². The van der Waals surface area contributed by atoms with Crippen LogP contribution in [-0.4, -0.2) is 20.4 Å². The van der Waals surface area contributed by atoms with E-state index in [0.29, 0.717) is 0 Å². The summed E-state index contributed by atoms with van der Waals surface area (Å²) in [6.07, 6.45) is 0. The molecule has 0 bridgehead atoms. The van der Waals surface area contributed by atoms with Crippen LogP contribution in [-0.2, 0) is 14.8 Å². The average Bonchev–Trinajstić information content (AvgIpc) is 2.27. The Hall–Kier alpha value is -1.51. The maximum atomic E-state index is 12.6. The molecule has 0 radical (unpaired) electrons. The molecule has 94 valence electrons. The molecule has 1 amide bonds. The highest BCUT2D eigenvalue weighted by Gasteiger charge is 2.21. The van der Waals surface area contributed by atoms with Crippen LogP contribution in [0.5, 0.6) is 0 Å². The lowest BCUT2D eigenvalue weighted by atomic mass is 10.3. The molecule has 1 rings (SSSR count). The molecule has 0 aliphatic heterocycles. The maximum Gasteiger partial charge on any atom is 0.251 e. The first-order chi connectivity index (χ1) is 7.86. The van der Waals surface area contributed by atoms with Crippen LogP contribution in [0.4, 0.5) is 4.39 Å². The molecule has 0 aliphatic rings. The van der Waals surface area contributed by atoms with Crippen molar-refractivity contribution >= 4 is 15.9 Å². The predicted molar refractivity (Wildman–Crippen MR) is 58.5 cm³/mol. The summed E-state index contributed by atoms with van der Waals surface area (Å²) in [7, 11) is -3.86. The van der Waals surface area contributed by atoms with E-state index in [1.54, 1.807) is 0 Å². The van der Waals surface area contributed by atoms with Gasteiger partial charge in [0.25, 0.3) is 5.91 Å². The summed E-state index contributed by atoms with van der Waals surface area (Å²) in [6.45, 7) is 1.34. The van der Waals surface area contributed by atoms with Crippen molar-refractivity contribution in [3.05, 3.63) is 30.1 Å². The van der Waals surface area contributed by atoms with Crippen molar-refractivity contribution < 1.29 is 17.6 Å². The van der Waals surface area contributed by atoms with E-state index in [2.05, 4.69) is 4.72 Å². The van der Waals surface area contributed by atoms with Crippen LogP contribution in [0.3, 0.4) is 0 Å². The van der Waals surface area contributed by atoms with Crippen molar-refractivity contribution in [2.24, 2.45) is 5.84 Å². The normalized spacial score (nSPS) is 13.1. The number of carbonyl (C=O) groups is 1. The minimum atomic E-state index is -3.86. The van der Waals surface area contributed by atoms with Gasteiger partial charge in [-0.05, 0) is 31.2 Å². The molecular weight excluding hydrogens is 249 g/mol. The van der Waals surface area contributed by atoms with Gasteiger partial charge in [-0.15, -0.1) is 0 Å². The molecular formula is C9H12FN3O3S. The SMILES string of the molecule is CC(NS(=O)(=O)c1ccc(F)cc1)C(=O)NN. The molecule has 0 aromatic heterocycles. The van der Waals surface area contributed by atoms with Gasteiger partial charge in [0.1, 0.15) is 5.82 Å². The molecule has 4 N–H and O–H groups in total. The van der Waals surface area contributed by atoms with Crippen molar-refractivity contribution in [1.29, 1.82) is 0 Å². The summed E-state index contributed by atoms with van der Waals surface area (Å²) in [5.74, 6) is 3.65. The Balaban J connectivity index is 2.89. The number of benzene rings is 1. The zero-order valence-electron chi connectivity index (χ0n) is 8.98. The molecule has 1 aromatic carbocycles. The van der Waals surface area contributed by atoms with Gasteiger partial charge < -0.3 is 0 Å². The fourth-order valence-electron chi connectivity index (χ4n) is 1.09. The summed E-state index contributed by atoms with van der Waals surface area (Å²) in [4.78, 5) is 10.9. The summed E-state index contributed by atoms with van der Waals surface area (Å²) in [5, 5.41) is 0. The summed E-state index contributed by atoms with van der Waals surface area (Å²) in [5.41, 5.74) is 1.82. The van der Waals surface area contributed by atoms with Crippen LogP contribution in [0, 0.1) is 5.82 Å². The van der Waals surface area contributed by atoms with Crippen molar-refractivity contribution in [3.63, 3.8) is 0 Å². The van der Waals surface area contributed by atoms with Crippen molar-refractivity contribution in [2.45, 2.75) is 17.9 Å². The first-order valence-electron chi connectivity index (χ1n) is 4.65. The highest BCUT2D eigenvalue weighted by atomic mass is 32.2. The van der Waals surface area contributed by atoms with Gasteiger partial charge in [0.15, 0.2) is 0 Å². The number of carbonyl (C=O) groups excluding carboxylic acids is 1. The van der Waals surface area contributed by atoms with Gasteiger partial charge in [0, 0.05) is 0 Å². The number of halogens is 1. The van der Waals surface area contributed by atoms with Gasteiger partial charge in [-0.2, -0.15) is 4.72 Å². The Morgan fingerprint density at radius 3 is 2.35 bits per heavy atom. The first kappa shape index (κ1) is 13.6. The largest absolute Gasteiger partial charge is 0.293 e. The molecule has 1 atom stereocenters. The second-order valence-corrected chi connectivity index (χ2v) is 5.02. The quantitative estimate of drug-likeness (QED) is 0.385. The summed E-state index contributed by atoms with van der Waals surface area (Å²) >= 11 is 0. The molecule has 0 saturated carbocycles. The molecule has 8 heteroatoms. The number of nitrogens with two attached hydrogens (primary N) is 1. The lowest BCUT2D eigenvalue weighted by molar-refractivity contribution is -0.122. The van der Waals surface area contributed by atoms with Crippen LogP contribution >= 0.6 is 0 Å². The lowest BCUT2D eigenvalue weighted by Gasteiger charge is -2.12. The van der Waals surface area contributed by atoms with Crippen LogP contribution in [0.2, 0.25) is 0 Å². The van der Waals surface area contributed by atoms with Crippen molar-refractivity contribution in [3.8, 4) is 0 Å². The van der Waals surface area contributed by atoms with Gasteiger partial charge in [-0.3, -0.25) is 10.2 Å². The van der Waals surface area contributed by atoms with E-state index in [1.807, 2.05) is 5.43 Å². The Bertz CT molecular complexity index is 501. The average molecular weight is 261 g/mol. The van der Waals surface area contributed by atoms with Gasteiger partial charge in [0.05, 0.1) is 10.9 Å². The zero-order chi connectivity index (χ0) is 13.1. The molecule has 0 heterocycles. The number of rotatable bonds is 4. The maximum absolute atomic E-state index is 12.6. The fraction of sp³-hybridized carbons (Fsp3) is 0.222. The van der Waals surface area contributed by atoms with E-state index < -0.39 is 27.8 Å². The van der Waals surface area contributed by atoms with Gasteiger partial charge >= 0.3 is 0 Å². The molecule has 0 saturated heterocycles. The minimum Gasteiger partial charge on any atom is -0.293 e. The Morgan fingerprint density at radius 2 is 1.88 bits per heavy atom. The molecule has 0 fully saturated rings. The second-order valence-electron chi connectivity index (χ2n) is 3.31. The van der Waals surface area contributed by atoms with E-state index in [-0.39, 0.29) is 4.90 Å². The molecule has 17 heavy (non-hydrogen) atoms. The number of hydrazine groups is 1. The van der Waals surface area contributed by atoms with Gasteiger partial charge in [0.2, 0.25) is 10.0 Å². The standard InChI is InChI=1S/C9H12FN3O3S/c1-6(9(14)12-11)13-17(15,16)8-4-2-7(10)3-5-8/h2-6,13H,11H2,1H3,(H,12,14). The van der Waals surface area contributed by atoms with Crippen LogP contribution in [0.15, 0.2) is 29.2 Å². The second kappa shape index (κ2) is 5.21. The Labute approximate surface area is 98.0 Å². The third-order valence-electron chi connectivity index (χ3n) is 1.99. The van der Waals surface area contributed by atoms with Crippen LogP contribution < -0.4 is 16.0 Å². The van der Waals surface area contributed by atoms with E-state index in [1.165, 1.54) is 6.92 Å². The van der Waals surface area contributed by atoms with E-state index in [9.17, 15) is 17.6 Å². The van der Waals surface area contributed by atoms with Gasteiger partial charge in [-0.25, -0.2) is 18.7 Å². The number of hydrogen-bond acceptors (Lipinski definition) is 4. The highest BCUT2D eigenvalue weighted by Crippen LogP contribution is 2.10. The molecule has 1 aromatic rings. The monoisotopic (exact) mass is 261 g/mol. The molecule has 1 unspecified atom stereocenters. The van der Waals surface area contributed by atoms with E-state index in [0.717, 1.165) is 24.3 Å². The molecule has 0 spiro atoms. The smallest absolute Gasteiger partial charge is 0.251 e. The van der Waals surface area contributed by atoms with Crippen LogP contribution in [0.25, 0.3) is 0 Å². The number of hydrogen-bond donors (Lipinski definition) is 3. The Kier molecular flexibility index (Phi) is 4.16. The Morgan fingerprint density at radius 1 is 1.35 bits per heavy atom. The number of sulfonamides is 1. The predicted octanol–water partition coefficient (Wildman–Crippen LogP) is -0.518. The summed E-state index contributed by atoms with van der Waals surface area (Å²) < 4.78 is 38.2. The third-order valence-corrected chi connectivity index (χ3v) is 3.55. The molecule has 6 nitrogen and oxygen atoms in total.